The van der Waals surface area contributed by atoms with Gasteiger partial charge in [-0.05, 0) is 67.3 Å². The molecule has 0 saturated carbocycles. The van der Waals surface area contributed by atoms with E-state index >= 15 is 0 Å². The fourth-order valence-electron chi connectivity index (χ4n) is 4.91. The Labute approximate surface area is 241 Å². The standard InChI is InChI=1S/C33H49N3O4/c1-6-7-8-9-10-11-12-13-22-40-33-30(38-4)24-28(25-31(33)39-5)15-17-32(37)34-36-20-18-35(19-21-36)29-16-14-26(2)27(3)23-29/h14-17,23-25H,6-13,18-22H2,1-5H3,(H,34,37). The average molecular weight is 552 g/mol. The molecule has 7 heteroatoms. The molecule has 1 aliphatic rings. The van der Waals surface area contributed by atoms with Crippen LogP contribution in [-0.4, -0.2) is 57.9 Å². The molecule has 2 aromatic rings. The van der Waals surface area contributed by atoms with E-state index in [9.17, 15) is 4.79 Å². The lowest BCUT2D eigenvalue weighted by Gasteiger charge is -2.36. The molecule has 0 bridgehead atoms. The molecule has 0 atom stereocenters. The summed E-state index contributed by atoms with van der Waals surface area (Å²) in [5, 5.41) is 1.98. The Balaban J connectivity index is 1.47. The zero-order chi connectivity index (χ0) is 28.7. The Morgan fingerprint density at radius 3 is 2.08 bits per heavy atom. The normalized spacial score (nSPS) is 14.0. The topological polar surface area (TPSA) is 63.3 Å². The lowest BCUT2D eigenvalue weighted by Crippen LogP contribution is -2.53. The largest absolute Gasteiger partial charge is 0.493 e. The van der Waals surface area contributed by atoms with E-state index in [0.717, 1.165) is 44.6 Å². The van der Waals surface area contributed by atoms with Crippen LogP contribution in [0.3, 0.4) is 0 Å². The van der Waals surface area contributed by atoms with Crippen LogP contribution in [0.4, 0.5) is 5.69 Å². The molecule has 2 aromatic carbocycles. The SMILES string of the molecule is CCCCCCCCCCOc1c(OC)cc(C=CC(=O)NN2CCN(c3ccc(C)c(C)c3)CC2)cc1OC. The Morgan fingerprint density at radius 2 is 1.48 bits per heavy atom. The molecule has 0 radical (unpaired) electrons. The highest BCUT2D eigenvalue weighted by Gasteiger charge is 2.19. The maximum Gasteiger partial charge on any atom is 0.258 e. The number of piperazine rings is 1. The van der Waals surface area contributed by atoms with Crippen molar-refractivity contribution in [2.24, 2.45) is 0 Å². The minimum Gasteiger partial charge on any atom is -0.493 e. The maximum absolute atomic E-state index is 12.7. The Bertz CT molecular complexity index is 1070. The lowest BCUT2D eigenvalue weighted by atomic mass is 10.1. The molecule has 40 heavy (non-hydrogen) atoms. The summed E-state index contributed by atoms with van der Waals surface area (Å²) in [5.74, 6) is 1.65. The van der Waals surface area contributed by atoms with Gasteiger partial charge in [0.2, 0.25) is 5.75 Å². The maximum atomic E-state index is 12.7. The van der Waals surface area contributed by atoms with E-state index in [0.29, 0.717) is 23.9 Å². The molecule has 0 spiro atoms. The van der Waals surface area contributed by atoms with Crippen molar-refractivity contribution in [2.75, 3.05) is 51.9 Å². The van der Waals surface area contributed by atoms with E-state index in [2.05, 4.69) is 49.3 Å². The number of hydrogen-bond acceptors (Lipinski definition) is 6. The first-order chi connectivity index (χ1) is 19.4. The van der Waals surface area contributed by atoms with Crippen LogP contribution in [0.15, 0.2) is 36.4 Å². The van der Waals surface area contributed by atoms with Crippen molar-refractivity contribution in [3.63, 3.8) is 0 Å². The number of methoxy groups -OCH3 is 2. The molecular weight excluding hydrogens is 502 g/mol. The molecule has 1 fully saturated rings. The van der Waals surface area contributed by atoms with Crippen LogP contribution in [0.5, 0.6) is 17.2 Å². The number of amides is 1. The molecule has 1 N–H and O–H groups in total. The van der Waals surface area contributed by atoms with Gasteiger partial charge in [0.25, 0.3) is 5.91 Å². The lowest BCUT2D eigenvalue weighted by molar-refractivity contribution is -0.121. The van der Waals surface area contributed by atoms with E-state index in [1.807, 2.05) is 17.1 Å². The first-order valence-corrected chi connectivity index (χ1v) is 14.9. The highest BCUT2D eigenvalue weighted by molar-refractivity contribution is 5.91. The van der Waals surface area contributed by atoms with Gasteiger partial charge in [-0.3, -0.25) is 10.2 Å². The number of nitrogens with one attached hydrogen (secondary N) is 1. The van der Waals surface area contributed by atoms with Crippen molar-refractivity contribution in [1.29, 1.82) is 0 Å². The number of hydrazine groups is 1. The van der Waals surface area contributed by atoms with E-state index in [4.69, 9.17) is 14.2 Å². The van der Waals surface area contributed by atoms with Crippen molar-refractivity contribution < 1.29 is 19.0 Å². The number of anilines is 1. The van der Waals surface area contributed by atoms with E-state index < -0.39 is 0 Å². The number of benzene rings is 2. The first kappa shape index (κ1) is 31.3. The summed E-state index contributed by atoms with van der Waals surface area (Å²) in [5.41, 5.74) is 7.65. The summed E-state index contributed by atoms with van der Waals surface area (Å²) >= 11 is 0. The summed E-state index contributed by atoms with van der Waals surface area (Å²) in [7, 11) is 3.24. The van der Waals surface area contributed by atoms with Gasteiger partial charge in [0, 0.05) is 37.9 Å². The van der Waals surface area contributed by atoms with Gasteiger partial charge in [-0.2, -0.15) is 0 Å². The molecule has 1 amide bonds. The predicted octanol–water partition coefficient (Wildman–Crippen LogP) is 6.71. The van der Waals surface area contributed by atoms with Gasteiger partial charge in [-0.1, -0.05) is 57.9 Å². The van der Waals surface area contributed by atoms with Crippen LogP contribution < -0.4 is 24.5 Å². The van der Waals surface area contributed by atoms with Gasteiger partial charge in [-0.25, -0.2) is 5.01 Å². The van der Waals surface area contributed by atoms with Crippen LogP contribution in [0.1, 0.15) is 75.0 Å². The molecule has 0 unspecified atom stereocenters. The first-order valence-electron chi connectivity index (χ1n) is 14.9. The fraction of sp³-hybridized carbons (Fsp3) is 0.545. The highest BCUT2D eigenvalue weighted by Crippen LogP contribution is 2.39. The predicted molar refractivity (Wildman–Crippen MR) is 165 cm³/mol. The fourth-order valence-corrected chi connectivity index (χ4v) is 4.91. The van der Waals surface area contributed by atoms with Gasteiger partial charge in [0.1, 0.15) is 0 Å². The molecule has 7 nitrogen and oxygen atoms in total. The molecule has 1 heterocycles. The van der Waals surface area contributed by atoms with E-state index in [1.165, 1.54) is 55.3 Å². The van der Waals surface area contributed by atoms with Gasteiger partial charge in [0.05, 0.1) is 20.8 Å². The monoisotopic (exact) mass is 551 g/mol. The number of rotatable bonds is 16. The molecular formula is C33H49N3O4. The number of hydrogen-bond donors (Lipinski definition) is 1. The third-order valence-electron chi connectivity index (χ3n) is 7.56. The van der Waals surface area contributed by atoms with Crippen molar-refractivity contribution in [1.82, 2.24) is 10.4 Å². The summed E-state index contributed by atoms with van der Waals surface area (Å²) in [6.45, 7) is 10.4. The zero-order valence-corrected chi connectivity index (χ0v) is 25.3. The molecule has 220 valence electrons. The van der Waals surface area contributed by atoms with Crippen LogP contribution >= 0.6 is 0 Å². The number of nitrogens with zero attached hydrogens (tertiary/aromatic N) is 2. The van der Waals surface area contributed by atoms with E-state index in [1.54, 1.807) is 26.4 Å². The van der Waals surface area contributed by atoms with E-state index in [-0.39, 0.29) is 5.91 Å². The third kappa shape index (κ3) is 9.77. The number of aryl methyl sites for hydroxylation is 2. The molecule has 0 aromatic heterocycles. The summed E-state index contributed by atoms with van der Waals surface area (Å²) < 4.78 is 17.3. The van der Waals surface area contributed by atoms with Gasteiger partial charge in [-0.15, -0.1) is 0 Å². The minimum atomic E-state index is -0.160. The van der Waals surface area contributed by atoms with Gasteiger partial charge in [0.15, 0.2) is 11.5 Å². The Hall–Kier alpha value is -3.19. The summed E-state index contributed by atoms with van der Waals surface area (Å²) in [6, 6.07) is 10.3. The molecule has 1 aliphatic heterocycles. The minimum absolute atomic E-state index is 0.160. The van der Waals surface area contributed by atoms with Crippen LogP contribution in [0, 0.1) is 13.8 Å². The molecule has 3 rings (SSSR count). The smallest absolute Gasteiger partial charge is 0.258 e. The van der Waals surface area contributed by atoms with Crippen molar-refractivity contribution >= 4 is 17.7 Å². The van der Waals surface area contributed by atoms with Crippen LogP contribution in [0.2, 0.25) is 0 Å². The number of unbranched alkanes of at least 4 members (excludes halogenated alkanes) is 7. The summed E-state index contributed by atoms with van der Waals surface area (Å²) in [4.78, 5) is 15.0. The highest BCUT2D eigenvalue weighted by atomic mass is 16.5. The van der Waals surface area contributed by atoms with Crippen molar-refractivity contribution in [2.45, 2.75) is 72.1 Å². The summed E-state index contributed by atoms with van der Waals surface area (Å²) in [6.07, 6.45) is 13.3. The third-order valence-corrected chi connectivity index (χ3v) is 7.56. The molecule has 0 aliphatic carbocycles. The van der Waals surface area contributed by atoms with Crippen molar-refractivity contribution in [3.05, 3.63) is 53.1 Å². The average Bonchev–Trinajstić information content (AvgIpc) is 2.97. The second-order valence-corrected chi connectivity index (χ2v) is 10.6. The van der Waals surface area contributed by atoms with Gasteiger partial charge < -0.3 is 19.1 Å². The second-order valence-electron chi connectivity index (χ2n) is 10.6. The Kier molecular flexibility index (Phi) is 13.2. The quantitative estimate of drug-likeness (QED) is 0.185. The number of ether oxygens (including phenoxy) is 3. The van der Waals surface area contributed by atoms with Crippen LogP contribution in [-0.2, 0) is 4.79 Å². The zero-order valence-electron chi connectivity index (χ0n) is 25.3. The number of carbonyl (C=O) groups excluding carboxylic acids is 1. The van der Waals surface area contributed by atoms with Gasteiger partial charge >= 0.3 is 0 Å². The van der Waals surface area contributed by atoms with Crippen molar-refractivity contribution in [3.8, 4) is 17.2 Å². The molecule has 1 saturated heterocycles. The second kappa shape index (κ2) is 16.8. The Morgan fingerprint density at radius 1 is 0.850 bits per heavy atom. The number of carbonyl (C=O) groups is 1. The van der Waals surface area contributed by atoms with Crippen LogP contribution in [0.25, 0.3) is 6.08 Å².